The van der Waals surface area contributed by atoms with Gasteiger partial charge in [0.1, 0.15) is 0 Å². The highest BCUT2D eigenvalue weighted by Gasteiger charge is 2.59. The van der Waals surface area contributed by atoms with Gasteiger partial charge in [-0.15, -0.1) is 0 Å². The van der Waals surface area contributed by atoms with Crippen LogP contribution < -0.4 is 0 Å². The molecular weight excluding hydrogens is 228 g/mol. The van der Waals surface area contributed by atoms with Crippen molar-refractivity contribution in [1.82, 2.24) is 9.80 Å². The van der Waals surface area contributed by atoms with Crippen LogP contribution in [0.15, 0.2) is 11.8 Å². The van der Waals surface area contributed by atoms with Crippen LogP contribution in [0.4, 0.5) is 0 Å². The molecule has 2 saturated heterocycles. The maximum Gasteiger partial charge on any atom is 0.230 e. The summed E-state index contributed by atoms with van der Waals surface area (Å²) in [4.78, 5) is 28.2. The number of nitrogens with zero attached hydrogens (tertiary/aromatic N) is 2. The summed E-state index contributed by atoms with van der Waals surface area (Å²) in [6.07, 6.45) is 7.92. The van der Waals surface area contributed by atoms with Crippen molar-refractivity contribution in [1.29, 1.82) is 0 Å². The van der Waals surface area contributed by atoms with Gasteiger partial charge in [-0.1, -0.05) is 18.9 Å². The zero-order chi connectivity index (χ0) is 12.3. The van der Waals surface area contributed by atoms with Crippen LogP contribution in [0.2, 0.25) is 0 Å². The standard InChI is InChI=1S/C14H18N2O2/c17-12-5-4-11-14-6-2-1-3-10(14)9-13(18)16(14)8-7-15(11)12/h4,10H,1-3,5-9H2/t10-,14-/m1/s1. The van der Waals surface area contributed by atoms with Crippen LogP contribution in [-0.2, 0) is 9.59 Å². The lowest BCUT2D eigenvalue weighted by Crippen LogP contribution is -2.61. The average Bonchev–Trinajstić information content (AvgIpc) is 2.88. The summed E-state index contributed by atoms with van der Waals surface area (Å²) >= 11 is 0. The summed E-state index contributed by atoms with van der Waals surface area (Å²) in [5, 5.41) is 0. The average molecular weight is 246 g/mol. The van der Waals surface area contributed by atoms with Gasteiger partial charge in [-0.05, 0) is 18.8 Å². The molecule has 4 rings (SSSR count). The molecule has 4 heteroatoms. The monoisotopic (exact) mass is 246 g/mol. The van der Waals surface area contributed by atoms with Gasteiger partial charge in [0.25, 0.3) is 0 Å². The third-order valence-electron chi connectivity index (χ3n) is 5.29. The number of hydrogen-bond acceptors (Lipinski definition) is 2. The van der Waals surface area contributed by atoms with Crippen LogP contribution in [0.5, 0.6) is 0 Å². The van der Waals surface area contributed by atoms with Crippen LogP contribution in [0, 0.1) is 5.92 Å². The fourth-order valence-electron chi connectivity index (χ4n) is 4.59. The highest BCUT2D eigenvalue weighted by Crippen LogP contribution is 2.53. The van der Waals surface area contributed by atoms with Crippen molar-refractivity contribution in [3.63, 3.8) is 0 Å². The van der Waals surface area contributed by atoms with Gasteiger partial charge in [-0.3, -0.25) is 9.59 Å². The van der Waals surface area contributed by atoms with Crippen molar-refractivity contribution < 1.29 is 9.59 Å². The fourth-order valence-corrected chi connectivity index (χ4v) is 4.59. The van der Waals surface area contributed by atoms with E-state index in [1.54, 1.807) is 0 Å². The molecule has 0 aromatic carbocycles. The van der Waals surface area contributed by atoms with Crippen molar-refractivity contribution in [2.24, 2.45) is 5.92 Å². The minimum Gasteiger partial charge on any atom is -0.329 e. The lowest BCUT2D eigenvalue weighted by atomic mass is 9.70. The van der Waals surface area contributed by atoms with Crippen molar-refractivity contribution in [2.45, 2.75) is 44.1 Å². The van der Waals surface area contributed by atoms with E-state index >= 15 is 0 Å². The highest BCUT2D eigenvalue weighted by molar-refractivity contribution is 5.87. The van der Waals surface area contributed by atoms with Crippen molar-refractivity contribution in [3.8, 4) is 0 Å². The summed E-state index contributed by atoms with van der Waals surface area (Å²) in [5.41, 5.74) is 1.05. The number of carbonyl (C=O) groups is 2. The first-order valence-corrected chi connectivity index (χ1v) is 7.05. The zero-order valence-corrected chi connectivity index (χ0v) is 10.5. The van der Waals surface area contributed by atoms with Gasteiger partial charge in [0.15, 0.2) is 0 Å². The molecule has 1 aliphatic carbocycles. The Balaban J connectivity index is 1.84. The van der Waals surface area contributed by atoms with Crippen molar-refractivity contribution in [2.75, 3.05) is 13.1 Å². The normalized spacial score (nSPS) is 38.4. The zero-order valence-electron chi connectivity index (χ0n) is 10.5. The molecule has 0 aromatic rings. The molecule has 3 fully saturated rings. The molecule has 96 valence electrons. The summed E-state index contributed by atoms with van der Waals surface area (Å²) in [6, 6.07) is 0. The van der Waals surface area contributed by atoms with E-state index < -0.39 is 0 Å². The molecule has 0 unspecified atom stereocenters. The predicted molar refractivity (Wildman–Crippen MR) is 65.4 cm³/mol. The van der Waals surface area contributed by atoms with Gasteiger partial charge in [0.05, 0.1) is 5.54 Å². The smallest absolute Gasteiger partial charge is 0.230 e. The molecule has 3 aliphatic heterocycles. The van der Waals surface area contributed by atoms with E-state index in [9.17, 15) is 9.59 Å². The highest BCUT2D eigenvalue weighted by atomic mass is 16.2. The Hall–Kier alpha value is -1.32. The third-order valence-corrected chi connectivity index (χ3v) is 5.29. The first-order valence-electron chi connectivity index (χ1n) is 7.05. The van der Waals surface area contributed by atoms with E-state index in [0.717, 1.165) is 25.1 Å². The Morgan fingerprint density at radius 2 is 2.06 bits per heavy atom. The van der Waals surface area contributed by atoms with Gasteiger partial charge in [-0.2, -0.15) is 0 Å². The summed E-state index contributed by atoms with van der Waals surface area (Å²) < 4.78 is 0. The second-order valence-corrected chi connectivity index (χ2v) is 5.96. The predicted octanol–water partition coefficient (Wildman–Crippen LogP) is 1.28. The first kappa shape index (κ1) is 10.6. The molecule has 0 aromatic heterocycles. The first-order chi connectivity index (χ1) is 8.73. The number of piperazine rings is 1. The summed E-state index contributed by atoms with van der Waals surface area (Å²) in [5.74, 6) is 0.975. The molecule has 1 saturated carbocycles. The molecule has 4 aliphatic rings. The molecule has 4 nitrogen and oxygen atoms in total. The molecule has 2 atom stereocenters. The number of rotatable bonds is 0. The van der Waals surface area contributed by atoms with Crippen molar-refractivity contribution in [3.05, 3.63) is 11.8 Å². The maximum absolute atomic E-state index is 12.2. The number of carbonyl (C=O) groups excluding carboxylic acids is 2. The molecule has 0 N–H and O–H groups in total. The minimum atomic E-state index is -0.111. The fraction of sp³-hybridized carbons (Fsp3) is 0.714. The molecule has 2 amide bonds. The summed E-state index contributed by atoms with van der Waals surface area (Å²) in [6.45, 7) is 1.43. The van der Waals surface area contributed by atoms with E-state index in [0.29, 0.717) is 31.2 Å². The third kappa shape index (κ3) is 1.07. The van der Waals surface area contributed by atoms with Gasteiger partial charge < -0.3 is 9.80 Å². The summed E-state index contributed by atoms with van der Waals surface area (Å²) in [7, 11) is 0. The van der Waals surface area contributed by atoms with E-state index in [1.807, 2.05) is 4.90 Å². The Bertz CT molecular complexity index is 470. The molecule has 0 radical (unpaired) electrons. The Morgan fingerprint density at radius 1 is 1.17 bits per heavy atom. The quantitative estimate of drug-likeness (QED) is 0.646. The van der Waals surface area contributed by atoms with Crippen LogP contribution in [-0.4, -0.2) is 40.2 Å². The van der Waals surface area contributed by atoms with E-state index in [2.05, 4.69) is 11.0 Å². The number of hydrogen-bond donors (Lipinski definition) is 0. The SMILES string of the molecule is O=C1CC=C2N1CCN1C(=O)C[C@H]3CCCC[C@]231. The topological polar surface area (TPSA) is 40.6 Å². The Kier molecular flexibility index (Phi) is 1.98. The van der Waals surface area contributed by atoms with Gasteiger partial charge in [0, 0.05) is 31.6 Å². The van der Waals surface area contributed by atoms with Crippen molar-refractivity contribution >= 4 is 11.8 Å². The largest absolute Gasteiger partial charge is 0.329 e. The minimum absolute atomic E-state index is 0.111. The molecule has 18 heavy (non-hydrogen) atoms. The Labute approximate surface area is 107 Å². The lowest BCUT2D eigenvalue weighted by Gasteiger charge is -2.52. The van der Waals surface area contributed by atoms with Gasteiger partial charge in [0.2, 0.25) is 11.8 Å². The Morgan fingerprint density at radius 3 is 2.94 bits per heavy atom. The number of fused-ring (bicyclic) bond motifs is 1. The molecule has 1 spiro atoms. The molecule has 3 heterocycles. The molecular formula is C14H18N2O2. The maximum atomic E-state index is 12.2. The van der Waals surface area contributed by atoms with Crippen LogP contribution in [0.1, 0.15) is 38.5 Å². The van der Waals surface area contributed by atoms with Crippen LogP contribution in [0.25, 0.3) is 0 Å². The second-order valence-electron chi connectivity index (χ2n) is 5.96. The van der Waals surface area contributed by atoms with E-state index in [1.165, 1.54) is 12.8 Å². The van der Waals surface area contributed by atoms with Gasteiger partial charge >= 0.3 is 0 Å². The number of amides is 2. The van der Waals surface area contributed by atoms with Gasteiger partial charge in [-0.25, -0.2) is 0 Å². The van der Waals surface area contributed by atoms with Crippen LogP contribution in [0.3, 0.4) is 0 Å². The molecule has 0 bridgehead atoms. The lowest BCUT2D eigenvalue weighted by molar-refractivity contribution is -0.138. The van der Waals surface area contributed by atoms with Crippen LogP contribution >= 0.6 is 0 Å². The van der Waals surface area contributed by atoms with E-state index in [-0.39, 0.29) is 11.4 Å². The van der Waals surface area contributed by atoms with E-state index in [4.69, 9.17) is 0 Å². The second kappa shape index (κ2) is 3.37.